The number of halogens is 1. The van der Waals surface area contributed by atoms with Gasteiger partial charge >= 0.3 is 10.2 Å². The van der Waals surface area contributed by atoms with Crippen LogP contribution < -0.4 is 0 Å². The molecule has 0 aliphatic carbocycles. The molecule has 2 heterocycles. The fourth-order valence-corrected chi connectivity index (χ4v) is 4.09. The maximum Gasteiger partial charge on any atom is 0.345 e. The van der Waals surface area contributed by atoms with E-state index in [-0.39, 0.29) is 11.5 Å². The predicted molar refractivity (Wildman–Crippen MR) is 78.7 cm³/mol. The Labute approximate surface area is 124 Å². The van der Waals surface area contributed by atoms with Gasteiger partial charge in [0.25, 0.3) is 0 Å². The summed E-state index contributed by atoms with van der Waals surface area (Å²) < 4.78 is 29.4. The minimum atomic E-state index is -3.83. The first-order valence-electron chi connectivity index (χ1n) is 5.30. The average Bonchev–Trinajstić information content (AvgIpc) is 2.62. The normalized spacial score (nSPS) is 18.0. The van der Waals surface area contributed by atoms with Crippen LogP contribution in [0.4, 0.5) is 0 Å². The highest BCUT2D eigenvalue weighted by Gasteiger charge is 2.28. The quantitative estimate of drug-likeness (QED) is 0.810. The summed E-state index contributed by atoms with van der Waals surface area (Å²) in [6.07, 6.45) is 1.50. The van der Waals surface area contributed by atoms with E-state index in [1.165, 1.54) is 31.4 Å². The number of likely N-dealkylation sites (N-methyl/N-ethyl adjacent to an activating group) is 1. The number of rotatable bonds is 2. The zero-order valence-corrected chi connectivity index (χ0v) is 13.7. The summed E-state index contributed by atoms with van der Waals surface area (Å²) >= 11 is 4.77. The SMILES string of the molecule is CC(=O)C1=CC(c2cc(C)c(Br)s2)=NS(=O)(=O)N1C. The molecule has 0 atom stereocenters. The molecule has 0 amide bonds. The van der Waals surface area contributed by atoms with Gasteiger partial charge in [-0.3, -0.25) is 9.10 Å². The Morgan fingerprint density at radius 1 is 1.47 bits per heavy atom. The molecule has 8 heteroatoms. The summed E-state index contributed by atoms with van der Waals surface area (Å²) in [5.74, 6) is -0.314. The molecule has 5 nitrogen and oxygen atoms in total. The zero-order chi connectivity index (χ0) is 14.4. The fourth-order valence-electron chi connectivity index (χ4n) is 1.58. The average molecular weight is 363 g/mol. The molecular formula is C11H11BrN2O3S2. The van der Waals surface area contributed by atoms with Crippen molar-refractivity contribution < 1.29 is 13.2 Å². The molecule has 0 saturated carbocycles. The molecule has 0 radical (unpaired) electrons. The van der Waals surface area contributed by atoms with Gasteiger partial charge in [-0.25, -0.2) is 0 Å². The van der Waals surface area contributed by atoms with Crippen LogP contribution in [0.15, 0.2) is 26.0 Å². The summed E-state index contributed by atoms with van der Waals surface area (Å²) in [7, 11) is -2.52. The molecule has 1 aliphatic rings. The second-order valence-electron chi connectivity index (χ2n) is 4.07. The number of carbonyl (C=O) groups excluding carboxylic acids is 1. The van der Waals surface area contributed by atoms with Gasteiger partial charge in [-0.05, 0) is 40.6 Å². The van der Waals surface area contributed by atoms with Gasteiger partial charge < -0.3 is 0 Å². The van der Waals surface area contributed by atoms with E-state index in [4.69, 9.17) is 0 Å². The van der Waals surface area contributed by atoms with E-state index in [9.17, 15) is 13.2 Å². The summed E-state index contributed by atoms with van der Waals surface area (Å²) in [4.78, 5) is 12.2. The predicted octanol–water partition coefficient (Wildman–Crippen LogP) is 2.27. The maximum atomic E-state index is 11.9. The van der Waals surface area contributed by atoms with E-state index >= 15 is 0 Å². The van der Waals surface area contributed by atoms with Crippen molar-refractivity contribution in [3.05, 3.63) is 32.1 Å². The van der Waals surface area contributed by atoms with Crippen LogP contribution in [0.3, 0.4) is 0 Å². The Hall–Kier alpha value is -0.990. The highest BCUT2D eigenvalue weighted by atomic mass is 79.9. The Balaban J connectivity index is 2.60. The van der Waals surface area contributed by atoms with Crippen molar-refractivity contribution in [3.8, 4) is 0 Å². The number of aryl methyl sites for hydroxylation is 1. The van der Waals surface area contributed by atoms with Gasteiger partial charge in [0.15, 0.2) is 5.78 Å². The topological polar surface area (TPSA) is 66.8 Å². The van der Waals surface area contributed by atoms with Gasteiger partial charge in [0.2, 0.25) is 0 Å². The van der Waals surface area contributed by atoms with Gasteiger partial charge in [-0.15, -0.1) is 15.7 Å². The Morgan fingerprint density at radius 2 is 2.11 bits per heavy atom. The summed E-state index contributed by atoms with van der Waals surface area (Å²) in [6, 6.07) is 1.84. The molecular weight excluding hydrogens is 352 g/mol. The van der Waals surface area contributed by atoms with Crippen LogP contribution in [0.25, 0.3) is 0 Å². The molecule has 1 aromatic rings. The molecule has 0 aromatic carbocycles. The molecule has 1 aliphatic heterocycles. The van der Waals surface area contributed by atoms with Gasteiger partial charge in [0.1, 0.15) is 0 Å². The Kier molecular flexibility index (Phi) is 3.67. The van der Waals surface area contributed by atoms with Crippen LogP contribution in [0.5, 0.6) is 0 Å². The lowest BCUT2D eigenvalue weighted by Gasteiger charge is -2.22. The molecule has 0 saturated heterocycles. The molecule has 2 rings (SSSR count). The third-order valence-corrected chi connectivity index (χ3v) is 6.12. The van der Waals surface area contributed by atoms with Crippen molar-refractivity contribution in [3.63, 3.8) is 0 Å². The second kappa shape index (κ2) is 4.84. The lowest BCUT2D eigenvalue weighted by molar-refractivity contribution is -0.114. The van der Waals surface area contributed by atoms with Crippen LogP contribution in [0.1, 0.15) is 17.4 Å². The van der Waals surface area contributed by atoms with E-state index in [2.05, 4.69) is 20.3 Å². The van der Waals surface area contributed by atoms with Crippen molar-refractivity contribution in [2.75, 3.05) is 7.05 Å². The van der Waals surface area contributed by atoms with Gasteiger partial charge in [-0.1, -0.05) is 0 Å². The number of hydrogen-bond acceptors (Lipinski definition) is 4. The van der Waals surface area contributed by atoms with E-state index in [1.807, 2.05) is 13.0 Å². The molecule has 0 unspecified atom stereocenters. The largest absolute Gasteiger partial charge is 0.345 e. The summed E-state index contributed by atoms with van der Waals surface area (Å²) in [5.41, 5.74) is 1.41. The molecule has 0 bridgehead atoms. The lowest BCUT2D eigenvalue weighted by Crippen LogP contribution is -2.32. The van der Waals surface area contributed by atoms with E-state index in [0.717, 1.165) is 13.7 Å². The van der Waals surface area contributed by atoms with Crippen molar-refractivity contribution in [2.45, 2.75) is 13.8 Å². The molecule has 0 N–H and O–H groups in total. The number of allylic oxidation sites excluding steroid dienone is 2. The number of Topliss-reactive ketones (excluding diaryl/α,β-unsaturated/α-hetero) is 1. The van der Waals surface area contributed by atoms with Crippen molar-refractivity contribution in [1.29, 1.82) is 0 Å². The summed E-state index contributed by atoms with van der Waals surface area (Å²) in [5, 5.41) is 0. The Bertz CT molecular complexity index is 697. The molecule has 0 spiro atoms. The molecule has 102 valence electrons. The maximum absolute atomic E-state index is 11.9. The Morgan fingerprint density at radius 3 is 2.58 bits per heavy atom. The first-order valence-corrected chi connectivity index (χ1v) is 8.31. The number of carbonyl (C=O) groups is 1. The van der Waals surface area contributed by atoms with Crippen LogP contribution in [-0.2, 0) is 15.0 Å². The summed E-state index contributed by atoms with van der Waals surface area (Å²) in [6.45, 7) is 3.24. The van der Waals surface area contributed by atoms with Crippen molar-refractivity contribution in [1.82, 2.24) is 4.31 Å². The third kappa shape index (κ3) is 2.65. The van der Waals surface area contributed by atoms with Crippen molar-refractivity contribution in [2.24, 2.45) is 4.40 Å². The second-order valence-corrected chi connectivity index (χ2v) is 8.07. The van der Waals surface area contributed by atoms with Gasteiger partial charge in [0, 0.05) is 14.0 Å². The highest BCUT2D eigenvalue weighted by molar-refractivity contribution is 9.11. The molecule has 1 aromatic heterocycles. The molecule has 19 heavy (non-hydrogen) atoms. The molecule has 0 fully saturated rings. The van der Waals surface area contributed by atoms with Crippen LogP contribution in [0.2, 0.25) is 0 Å². The van der Waals surface area contributed by atoms with E-state index in [1.54, 1.807) is 0 Å². The van der Waals surface area contributed by atoms with Gasteiger partial charge in [0.05, 0.1) is 20.1 Å². The minimum absolute atomic E-state index is 0.118. The van der Waals surface area contributed by atoms with Crippen molar-refractivity contribution >= 4 is 49.0 Å². The van der Waals surface area contributed by atoms with E-state index < -0.39 is 10.2 Å². The fraction of sp³-hybridized carbons (Fsp3) is 0.273. The van der Waals surface area contributed by atoms with Crippen LogP contribution in [-0.4, -0.2) is 31.3 Å². The number of ketones is 1. The number of nitrogens with zero attached hydrogens (tertiary/aromatic N) is 2. The first-order chi connectivity index (χ1) is 8.72. The lowest BCUT2D eigenvalue weighted by atomic mass is 10.2. The van der Waals surface area contributed by atoms with Crippen LogP contribution >= 0.6 is 27.3 Å². The van der Waals surface area contributed by atoms with E-state index in [0.29, 0.717) is 10.6 Å². The van der Waals surface area contributed by atoms with Gasteiger partial charge in [-0.2, -0.15) is 8.42 Å². The number of hydrogen-bond donors (Lipinski definition) is 0. The smallest absolute Gasteiger partial charge is 0.293 e. The standard InChI is InChI=1S/C11H11BrN2O3S2/c1-6-4-10(18-11(6)12)8-5-9(7(2)15)14(3)19(16,17)13-8/h4-5H,1-3H3. The minimum Gasteiger partial charge on any atom is -0.293 e. The third-order valence-electron chi connectivity index (χ3n) is 2.64. The zero-order valence-electron chi connectivity index (χ0n) is 10.5. The van der Waals surface area contributed by atoms with Crippen LogP contribution in [0, 0.1) is 6.92 Å². The highest BCUT2D eigenvalue weighted by Crippen LogP contribution is 2.30. The number of thiophene rings is 1. The monoisotopic (exact) mass is 362 g/mol. The first kappa shape index (κ1) is 14.4.